The second-order valence-corrected chi connectivity index (χ2v) is 7.20. The van der Waals surface area contributed by atoms with Crippen LogP contribution in [0.15, 0.2) is 24.3 Å². The maximum Gasteiger partial charge on any atom is 0.119 e. The van der Waals surface area contributed by atoms with E-state index in [-0.39, 0.29) is 0 Å². The molecular weight excluding hydrogens is 246 g/mol. The molecule has 1 unspecified atom stereocenters. The highest BCUT2D eigenvalue weighted by molar-refractivity contribution is 5.27. The van der Waals surface area contributed by atoms with Crippen LogP contribution in [0.4, 0.5) is 0 Å². The van der Waals surface area contributed by atoms with Crippen molar-refractivity contribution in [3.05, 3.63) is 29.8 Å². The van der Waals surface area contributed by atoms with Gasteiger partial charge in [0, 0.05) is 6.54 Å². The molecule has 0 aromatic heterocycles. The predicted molar refractivity (Wildman–Crippen MR) is 85.0 cm³/mol. The van der Waals surface area contributed by atoms with Gasteiger partial charge in [-0.25, -0.2) is 0 Å². The summed E-state index contributed by atoms with van der Waals surface area (Å²) in [6.07, 6.45) is 2.48. The summed E-state index contributed by atoms with van der Waals surface area (Å²) in [6.45, 7) is 12.0. The van der Waals surface area contributed by atoms with E-state index in [1.54, 1.807) is 0 Å². The number of rotatable bonds is 8. The van der Waals surface area contributed by atoms with Crippen molar-refractivity contribution in [2.45, 2.75) is 47.1 Å². The molecule has 0 amide bonds. The first-order valence-electron chi connectivity index (χ1n) is 7.90. The van der Waals surface area contributed by atoms with E-state index in [0.29, 0.717) is 11.3 Å². The highest BCUT2D eigenvalue weighted by Gasteiger charge is 2.44. The molecule has 1 N–H and O–H groups in total. The summed E-state index contributed by atoms with van der Waals surface area (Å²) in [6, 6.07) is 8.49. The molecule has 20 heavy (non-hydrogen) atoms. The van der Waals surface area contributed by atoms with Crippen LogP contribution in [0.1, 0.15) is 46.1 Å². The number of hydrogen-bond donors (Lipinski definition) is 1. The average Bonchev–Trinajstić information content (AvgIpc) is 2.98. The van der Waals surface area contributed by atoms with E-state index in [1.807, 2.05) is 0 Å². The van der Waals surface area contributed by atoms with E-state index >= 15 is 0 Å². The molecule has 0 aliphatic heterocycles. The van der Waals surface area contributed by atoms with Crippen LogP contribution in [0.5, 0.6) is 5.75 Å². The SMILES string of the molecule is CC(C)CCOc1ccc(CNCC2CC2(C)C)cc1. The molecular formula is C18H29NO. The van der Waals surface area contributed by atoms with E-state index < -0.39 is 0 Å². The maximum absolute atomic E-state index is 5.73. The van der Waals surface area contributed by atoms with E-state index in [2.05, 4.69) is 57.3 Å². The van der Waals surface area contributed by atoms with Crippen molar-refractivity contribution in [3.8, 4) is 5.75 Å². The van der Waals surface area contributed by atoms with Gasteiger partial charge < -0.3 is 10.1 Å². The van der Waals surface area contributed by atoms with Crippen molar-refractivity contribution in [2.75, 3.05) is 13.2 Å². The van der Waals surface area contributed by atoms with Crippen LogP contribution < -0.4 is 10.1 Å². The quantitative estimate of drug-likeness (QED) is 0.766. The van der Waals surface area contributed by atoms with Gasteiger partial charge in [0.1, 0.15) is 5.75 Å². The lowest BCUT2D eigenvalue weighted by molar-refractivity contribution is 0.289. The monoisotopic (exact) mass is 275 g/mol. The minimum absolute atomic E-state index is 0.571. The number of benzene rings is 1. The molecule has 0 saturated heterocycles. The molecule has 1 aromatic carbocycles. The number of ether oxygens (including phenoxy) is 1. The third-order valence-corrected chi connectivity index (χ3v) is 4.32. The Morgan fingerprint density at radius 2 is 1.90 bits per heavy atom. The van der Waals surface area contributed by atoms with Crippen molar-refractivity contribution in [1.29, 1.82) is 0 Å². The molecule has 2 nitrogen and oxygen atoms in total. The summed E-state index contributed by atoms with van der Waals surface area (Å²) in [5.74, 6) is 2.55. The first kappa shape index (κ1) is 15.4. The lowest BCUT2D eigenvalue weighted by Crippen LogP contribution is -2.18. The Morgan fingerprint density at radius 3 is 2.45 bits per heavy atom. The molecule has 1 saturated carbocycles. The standard InChI is InChI=1S/C18H29NO/c1-14(2)9-10-20-17-7-5-15(6-8-17)12-19-13-16-11-18(16,3)4/h5-8,14,16,19H,9-13H2,1-4H3. The third-order valence-electron chi connectivity index (χ3n) is 4.32. The van der Waals surface area contributed by atoms with Crippen molar-refractivity contribution in [1.82, 2.24) is 5.32 Å². The van der Waals surface area contributed by atoms with Gasteiger partial charge >= 0.3 is 0 Å². The van der Waals surface area contributed by atoms with E-state index in [0.717, 1.165) is 37.8 Å². The van der Waals surface area contributed by atoms with Crippen molar-refractivity contribution < 1.29 is 4.74 Å². The van der Waals surface area contributed by atoms with Gasteiger partial charge in [-0.05, 0) is 54.3 Å². The summed E-state index contributed by atoms with van der Waals surface area (Å²) < 4.78 is 5.73. The third kappa shape index (κ3) is 4.82. The largest absolute Gasteiger partial charge is 0.494 e. The summed E-state index contributed by atoms with van der Waals surface area (Å²) in [5.41, 5.74) is 1.90. The fourth-order valence-corrected chi connectivity index (χ4v) is 2.43. The Labute approximate surface area is 123 Å². The fraction of sp³-hybridized carbons (Fsp3) is 0.667. The molecule has 0 bridgehead atoms. The Morgan fingerprint density at radius 1 is 1.25 bits per heavy atom. The number of nitrogens with one attached hydrogen (secondary N) is 1. The average molecular weight is 275 g/mol. The van der Waals surface area contributed by atoms with Crippen molar-refractivity contribution in [3.63, 3.8) is 0 Å². The Hall–Kier alpha value is -1.02. The Kier molecular flexibility index (Phi) is 5.09. The molecule has 0 radical (unpaired) electrons. The van der Waals surface area contributed by atoms with Crippen LogP contribution >= 0.6 is 0 Å². The lowest BCUT2D eigenvalue weighted by Gasteiger charge is -2.09. The van der Waals surface area contributed by atoms with Gasteiger partial charge in [-0.1, -0.05) is 39.8 Å². The second kappa shape index (κ2) is 6.62. The topological polar surface area (TPSA) is 21.3 Å². The van der Waals surface area contributed by atoms with Crippen LogP contribution in [0.2, 0.25) is 0 Å². The first-order chi connectivity index (χ1) is 9.47. The van der Waals surface area contributed by atoms with E-state index in [1.165, 1.54) is 12.0 Å². The molecule has 1 atom stereocenters. The Bertz CT molecular complexity index is 408. The highest BCUT2D eigenvalue weighted by atomic mass is 16.5. The van der Waals surface area contributed by atoms with Gasteiger partial charge in [-0.2, -0.15) is 0 Å². The van der Waals surface area contributed by atoms with Crippen LogP contribution in [-0.4, -0.2) is 13.2 Å². The maximum atomic E-state index is 5.73. The van der Waals surface area contributed by atoms with E-state index in [9.17, 15) is 0 Å². The zero-order valence-electron chi connectivity index (χ0n) is 13.4. The van der Waals surface area contributed by atoms with Gasteiger partial charge in [0.25, 0.3) is 0 Å². The van der Waals surface area contributed by atoms with E-state index in [4.69, 9.17) is 4.74 Å². The zero-order valence-corrected chi connectivity index (χ0v) is 13.4. The minimum Gasteiger partial charge on any atom is -0.494 e. The van der Waals surface area contributed by atoms with Crippen LogP contribution in [0.3, 0.4) is 0 Å². The molecule has 1 aliphatic rings. The predicted octanol–water partition coefficient (Wildman–Crippen LogP) is 4.25. The molecule has 2 rings (SSSR count). The van der Waals surface area contributed by atoms with Gasteiger partial charge in [0.05, 0.1) is 6.61 Å². The highest BCUT2D eigenvalue weighted by Crippen LogP contribution is 2.50. The summed E-state index contributed by atoms with van der Waals surface area (Å²) in [7, 11) is 0. The van der Waals surface area contributed by atoms with Crippen LogP contribution in [0, 0.1) is 17.3 Å². The van der Waals surface area contributed by atoms with Crippen LogP contribution in [-0.2, 0) is 6.54 Å². The molecule has 0 heterocycles. The van der Waals surface area contributed by atoms with Gasteiger partial charge in [-0.15, -0.1) is 0 Å². The molecule has 1 aliphatic carbocycles. The van der Waals surface area contributed by atoms with Gasteiger partial charge in [-0.3, -0.25) is 0 Å². The smallest absolute Gasteiger partial charge is 0.119 e. The lowest BCUT2D eigenvalue weighted by atomic mass is 10.1. The molecule has 1 fully saturated rings. The first-order valence-corrected chi connectivity index (χ1v) is 7.90. The molecule has 112 valence electrons. The number of hydrogen-bond acceptors (Lipinski definition) is 2. The Balaban J connectivity index is 1.66. The normalized spacial score (nSPS) is 20.1. The second-order valence-electron chi connectivity index (χ2n) is 7.20. The fourth-order valence-electron chi connectivity index (χ4n) is 2.43. The summed E-state index contributed by atoms with van der Waals surface area (Å²) in [5, 5.41) is 3.56. The minimum atomic E-state index is 0.571. The molecule has 0 spiro atoms. The van der Waals surface area contributed by atoms with Crippen LogP contribution in [0.25, 0.3) is 0 Å². The van der Waals surface area contributed by atoms with Gasteiger partial charge in [0.2, 0.25) is 0 Å². The molecule has 2 heteroatoms. The summed E-state index contributed by atoms with van der Waals surface area (Å²) >= 11 is 0. The summed E-state index contributed by atoms with van der Waals surface area (Å²) in [4.78, 5) is 0. The zero-order chi connectivity index (χ0) is 14.6. The molecule has 1 aromatic rings. The van der Waals surface area contributed by atoms with Gasteiger partial charge in [0.15, 0.2) is 0 Å². The van der Waals surface area contributed by atoms with Crippen molar-refractivity contribution >= 4 is 0 Å². The van der Waals surface area contributed by atoms with Crippen molar-refractivity contribution in [2.24, 2.45) is 17.3 Å².